The van der Waals surface area contributed by atoms with Crippen LogP contribution in [-0.4, -0.2) is 42.8 Å². The molecule has 1 amide bonds. The summed E-state index contributed by atoms with van der Waals surface area (Å²) in [6.07, 6.45) is 1.50. The van der Waals surface area contributed by atoms with Crippen LogP contribution in [0.1, 0.15) is 11.1 Å². The Bertz CT molecular complexity index is 521. The van der Waals surface area contributed by atoms with Crippen LogP contribution < -0.4 is 10.1 Å². The van der Waals surface area contributed by atoms with E-state index in [4.69, 9.17) is 14.6 Å². The molecule has 22 heavy (non-hydrogen) atoms. The molecule has 0 aliphatic carbocycles. The van der Waals surface area contributed by atoms with Gasteiger partial charge in [0, 0.05) is 0 Å². The molecule has 0 bridgehead atoms. The minimum Gasteiger partial charge on any atom is -0.483 e. The van der Waals surface area contributed by atoms with E-state index in [1.165, 1.54) is 6.08 Å². The highest BCUT2D eigenvalue weighted by molar-refractivity contribution is 5.84. The molecule has 0 aromatic heterocycles. The zero-order valence-electron chi connectivity index (χ0n) is 12.8. The van der Waals surface area contributed by atoms with Crippen molar-refractivity contribution in [3.63, 3.8) is 0 Å². The van der Waals surface area contributed by atoms with Gasteiger partial charge in [0.05, 0.1) is 13.2 Å². The monoisotopic (exact) mass is 307 g/mol. The van der Waals surface area contributed by atoms with E-state index in [1.54, 1.807) is 0 Å². The van der Waals surface area contributed by atoms with Gasteiger partial charge in [-0.1, -0.05) is 24.3 Å². The summed E-state index contributed by atoms with van der Waals surface area (Å²) in [4.78, 5) is 22.9. The maximum atomic E-state index is 11.8. The predicted octanol–water partition coefficient (Wildman–Crippen LogP) is 1.45. The minimum atomic E-state index is -1.16. The first-order valence-electron chi connectivity index (χ1n) is 6.85. The molecule has 0 fully saturated rings. The highest BCUT2D eigenvalue weighted by Gasteiger charge is 2.20. The molecular weight excluding hydrogens is 286 g/mol. The van der Waals surface area contributed by atoms with Crippen LogP contribution in [0.5, 0.6) is 5.75 Å². The molecular formula is C16H21NO5. The number of carboxylic acids is 1. The number of hydrogen-bond donors (Lipinski definition) is 2. The topological polar surface area (TPSA) is 84.9 Å². The molecule has 1 atom stereocenters. The number of rotatable bonds is 9. The number of carboxylic acid groups (broad SMARTS) is 1. The third kappa shape index (κ3) is 5.57. The SMILES string of the molecule is C=CCOCC(NC(=O)COc1c(C)cccc1C)C(=O)O. The number of carbonyl (C=O) groups is 2. The van der Waals surface area contributed by atoms with Gasteiger partial charge in [0.25, 0.3) is 5.91 Å². The molecule has 1 aromatic rings. The van der Waals surface area contributed by atoms with Crippen molar-refractivity contribution in [2.45, 2.75) is 19.9 Å². The lowest BCUT2D eigenvalue weighted by Gasteiger charge is -2.16. The summed E-state index contributed by atoms with van der Waals surface area (Å²) < 4.78 is 10.5. The Hall–Kier alpha value is -2.34. The highest BCUT2D eigenvalue weighted by Crippen LogP contribution is 2.21. The number of benzene rings is 1. The number of ether oxygens (including phenoxy) is 2. The van der Waals surface area contributed by atoms with Crippen LogP contribution in [0.4, 0.5) is 0 Å². The number of carbonyl (C=O) groups excluding carboxylic acids is 1. The van der Waals surface area contributed by atoms with E-state index in [2.05, 4.69) is 11.9 Å². The van der Waals surface area contributed by atoms with Gasteiger partial charge in [-0.15, -0.1) is 6.58 Å². The molecule has 0 aliphatic rings. The van der Waals surface area contributed by atoms with Crippen molar-refractivity contribution in [1.29, 1.82) is 0 Å². The van der Waals surface area contributed by atoms with Crippen LogP contribution in [-0.2, 0) is 14.3 Å². The van der Waals surface area contributed by atoms with E-state index in [0.717, 1.165) is 11.1 Å². The molecule has 0 spiro atoms. The van der Waals surface area contributed by atoms with Crippen LogP contribution in [0, 0.1) is 13.8 Å². The molecule has 0 saturated carbocycles. The molecule has 0 heterocycles. The van der Waals surface area contributed by atoms with E-state index in [-0.39, 0.29) is 19.8 Å². The quantitative estimate of drug-likeness (QED) is 0.533. The van der Waals surface area contributed by atoms with E-state index < -0.39 is 17.9 Å². The summed E-state index contributed by atoms with van der Waals surface area (Å²) in [6, 6.07) is 4.54. The van der Waals surface area contributed by atoms with Gasteiger partial charge in [-0.2, -0.15) is 0 Å². The summed E-state index contributed by atoms with van der Waals surface area (Å²) in [7, 11) is 0. The van der Waals surface area contributed by atoms with E-state index in [1.807, 2.05) is 32.0 Å². The number of amides is 1. The Morgan fingerprint density at radius 3 is 2.55 bits per heavy atom. The molecule has 1 unspecified atom stereocenters. The van der Waals surface area contributed by atoms with Gasteiger partial charge in [-0.3, -0.25) is 4.79 Å². The van der Waals surface area contributed by atoms with Crippen LogP contribution >= 0.6 is 0 Å². The molecule has 0 aliphatic heterocycles. The van der Waals surface area contributed by atoms with Gasteiger partial charge in [0.2, 0.25) is 0 Å². The third-order valence-electron chi connectivity index (χ3n) is 2.91. The molecule has 0 radical (unpaired) electrons. The molecule has 1 rings (SSSR count). The Morgan fingerprint density at radius 2 is 2.00 bits per heavy atom. The lowest BCUT2D eigenvalue weighted by Crippen LogP contribution is -2.45. The summed E-state index contributed by atoms with van der Waals surface area (Å²) >= 11 is 0. The zero-order valence-corrected chi connectivity index (χ0v) is 12.8. The van der Waals surface area contributed by atoms with Crippen LogP contribution in [0.25, 0.3) is 0 Å². The van der Waals surface area contributed by atoms with Crippen molar-refractivity contribution in [3.8, 4) is 5.75 Å². The van der Waals surface area contributed by atoms with Gasteiger partial charge in [-0.05, 0) is 25.0 Å². The molecule has 6 nitrogen and oxygen atoms in total. The fraction of sp³-hybridized carbons (Fsp3) is 0.375. The number of hydrogen-bond acceptors (Lipinski definition) is 4. The van der Waals surface area contributed by atoms with Crippen molar-refractivity contribution < 1.29 is 24.2 Å². The Morgan fingerprint density at radius 1 is 1.36 bits per heavy atom. The van der Waals surface area contributed by atoms with Gasteiger partial charge >= 0.3 is 5.97 Å². The van der Waals surface area contributed by atoms with Crippen LogP contribution in [0.15, 0.2) is 30.9 Å². The number of aryl methyl sites for hydroxylation is 2. The first-order valence-corrected chi connectivity index (χ1v) is 6.85. The van der Waals surface area contributed by atoms with E-state index in [0.29, 0.717) is 5.75 Å². The van der Waals surface area contributed by atoms with Crippen molar-refractivity contribution in [1.82, 2.24) is 5.32 Å². The Labute approximate surface area is 129 Å². The molecule has 6 heteroatoms. The number of para-hydroxylation sites is 1. The standard InChI is InChI=1S/C16H21NO5/c1-4-8-21-9-13(16(19)20)17-14(18)10-22-15-11(2)6-5-7-12(15)3/h4-7,13H,1,8-10H2,2-3H3,(H,17,18)(H,19,20). The summed E-state index contributed by atoms with van der Waals surface area (Å²) in [5, 5.41) is 11.4. The first kappa shape index (κ1) is 17.7. The van der Waals surface area contributed by atoms with Gasteiger partial charge < -0.3 is 19.9 Å². The normalized spacial score (nSPS) is 11.5. The predicted molar refractivity (Wildman–Crippen MR) is 82.0 cm³/mol. The van der Waals surface area contributed by atoms with Crippen molar-refractivity contribution in [2.75, 3.05) is 19.8 Å². The lowest BCUT2D eigenvalue weighted by atomic mass is 10.1. The van der Waals surface area contributed by atoms with Crippen molar-refractivity contribution in [3.05, 3.63) is 42.0 Å². The minimum absolute atomic E-state index is 0.128. The van der Waals surface area contributed by atoms with Gasteiger partial charge in [0.15, 0.2) is 12.6 Å². The summed E-state index contributed by atoms with van der Waals surface area (Å²) in [5.41, 5.74) is 1.83. The largest absolute Gasteiger partial charge is 0.483 e. The van der Waals surface area contributed by atoms with Crippen LogP contribution in [0.2, 0.25) is 0 Å². The summed E-state index contributed by atoms with van der Waals surface area (Å²) in [6.45, 7) is 7.06. The number of nitrogens with one attached hydrogen (secondary N) is 1. The van der Waals surface area contributed by atoms with Gasteiger partial charge in [0.1, 0.15) is 5.75 Å². The maximum absolute atomic E-state index is 11.8. The average Bonchev–Trinajstić information content (AvgIpc) is 2.45. The lowest BCUT2D eigenvalue weighted by molar-refractivity contribution is -0.143. The fourth-order valence-electron chi connectivity index (χ4n) is 1.84. The molecule has 2 N–H and O–H groups in total. The van der Waals surface area contributed by atoms with Gasteiger partial charge in [-0.25, -0.2) is 4.79 Å². The Kier molecular flexibility index (Phi) is 7.12. The Balaban J connectivity index is 2.53. The first-order chi connectivity index (χ1) is 10.5. The molecule has 120 valence electrons. The number of aliphatic carboxylic acids is 1. The smallest absolute Gasteiger partial charge is 0.328 e. The van der Waals surface area contributed by atoms with Crippen molar-refractivity contribution in [2.24, 2.45) is 0 Å². The zero-order chi connectivity index (χ0) is 16.5. The summed E-state index contributed by atoms with van der Waals surface area (Å²) in [5.74, 6) is -1.05. The second-order valence-corrected chi connectivity index (χ2v) is 4.79. The second kappa shape index (κ2) is 8.84. The van der Waals surface area contributed by atoms with Crippen LogP contribution in [0.3, 0.4) is 0 Å². The highest BCUT2D eigenvalue weighted by atomic mass is 16.5. The van der Waals surface area contributed by atoms with E-state index in [9.17, 15) is 9.59 Å². The average molecular weight is 307 g/mol. The van der Waals surface area contributed by atoms with E-state index >= 15 is 0 Å². The fourth-order valence-corrected chi connectivity index (χ4v) is 1.84. The molecule has 1 aromatic carbocycles. The van der Waals surface area contributed by atoms with Crippen molar-refractivity contribution >= 4 is 11.9 Å². The third-order valence-corrected chi connectivity index (χ3v) is 2.91. The maximum Gasteiger partial charge on any atom is 0.328 e. The molecule has 0 saturated heterocycles. The second-order valence-electron chi connectivity index (χ2n) is 4.79.